The summed E-state index contributed by atoms with van der Waals surface area (Å²) < 4.78 is 9.78. The normalized spacial score (nSPS) is 9.64. The molecule has 1 aromatic rings. The van der Waals surface area contributed by atoms with Crippen molar-refractivity contribution in [2.45, 2.75) is 6.92 Å². The van der Waals surface area contributed by atoms with E-state index in [-0.39, 0.29) is 10.7 Å². The predicted molar refractivity (Wildman–Crippen MR) is 51.8 cm³/mol. The van der Waals surface area contributed by atoms with Gasteiger partial charge in [0.15, 0.2) is 0 Å². The lowest BCUT2D eigenvalue weighted by molar-refractivity contribution is 0.0522. The molecule has 1 heterocycles. The molecule has 0 aliphatic rings. The van der Waals surface area contributed by atoms with Crippen LogP contribution in [0.3, 0.4) is 0 Å². The van der Waals surface area contributed by atoms with Gasteiger partial charge in [-0.25, -0.2) is 9.78 Å². The van der Waals surface area contributed by atoms with Gasteiger partial charge in [-0.3, -0.25) is 0 Å². The van der Waals surface area contributed by atoms with Crippen LogP contribution < -0.4 is 4.74 Å². The van der Waals surface area contributed by atoms with Crippen LogP contribution in [0.5, 0.6) is 5.75 Å². The molecule has 0 fully saturated rings. The van der Waals surface area contributed by atoms with E-state index in [0.29, 0.717) is 12.4 Å². The van der Waals surface area contributed by atoms with Crippen molar-refractivity contribution >= 4 is 17.6 Å². The Bertz CT molecular complexity index is 341. The summed E-state index contributed by atoms with van der Waals surface area (Å²) in [4.78, 5) is 15.1. The lowest BCUT2D eigenvalue weighted by Gasteiger charge is -2.06. The van der Waals surface area contributed by atoms with E-state index in [9.17, 15) is 4.79 Å². The summed E-state index contributed by atoms with van der Waals surface area (Å²) in [6, 6.07) is 1.47. The van der Waals surface area contributed by atoms with Crippen molar-refractivity contribution in [2.75, 3.05) is 13.7 Å². The zero-order chi connectivity index (χ0) is 10.6. The zero-order valence-electron chi connectivity index (χ0n) is 7.91. The molecule has 14 heavy (non-hydrogen) atoms. The first kappa shape index (κ1) is 10.8. The Morgan fingerprint density at radius 1 is 1.64 bits per heavy atom. The minimum Gasteiger partial charge on any atom is -0.496 e. The Kier molecular flexibility index (Phi) is 3.71. The lowest BCUT2D eigenvalue weighted by atomic mass is 10.2. The number of hydrogen-bond acceptors (Lipinski definition) is 4. The summed E-state index contributed by atoms with van der Waals surface area (Å²) in [5.74, 6) is -0.100. The van der Waals surface area contributed by atoms with Gasteiger partial charge in [-0.1, -0.05) is 11.6 Å². The van der Waals surface area contributed by atoms with E-state index in [2.05, 4.69) is 4.98 Å². The molecular formula is C9H10ClNO3. The van der Waals surface area contributed by atoms with E-state index in [0.717, 1.165) is 0 Å². The third-order valence-corrected chi connectivity index (χ3v) is 1.75. The van der Waals surface area contributed by atoms with E-state index < -0.39 is 5.97 Å². The third-order valence-electron chi connectivity index (χ3n) is 1.55. The minimum atomic E-state index is -0.464. The van der Waals surface area contributed by atoms with Gasteiger partial charge in [-0.05, 0) is 6.92 Å². The molecule has 0 unspecified atom stereocenters. The second-order valence-electron chi connectivity index (χ2n) is 2.43. The van der Waals surface area contributed by atoms with Crippen LogP contribution in [-0.2, 0) is 4.74 Å². The summed E-state index contributed by atoms with van der Waals surface area (Å²) in [5, 5.41) is 0.273. The topological polar surface area (TPSA) is 48.4 Å². The van der Waals surface area contributed by atoms with E-state index in [1.165, 1.54) is 19.4 Å². The van der Waals surface area contributed by atoms with Gasteiger partial charge in [0.25, 0.3) is 0 Å². The highest BCUT2D eigenvalue weighted by molar-refractivity contribution is 6.29. The molecule has 5 heteroatoms. The molecule has 4 nitrogen and oxygen atoms in total. The summed E-state index contributed by atoms with van der Waals surface area (Å²) in [6.45, 7) is 2.04. The third kappa shape index (κ3) is 2.35. The van der Waals surface area contributed by atoms with Gasteiger partial charge in [-0.15, -0.1) is 0 Å². The first-order valence-corrected chi connectivity index (χ1v) is 4.43. The van der Waals surface area contributed by atoms with Crippen LogP contribution >= 0.6 is 11.6 Å². The number of carbonyl (C=O) groups is 1. The van der Waals surface area contributed by atoms with Gasteiger partial charge in [-0.2, -0.15) is 0 Å². The number of methoxy groups -OCH3 is 1. The molecule has 0 atom stereocenters. The average Bonchev–Trinajstić information content (AvgIpc) is 2.17. The number of aromatic nitrogens is 1. The molecule has 0 saturated heterocycles. The van der Waals surface area contributed by atoms with E-state index in [4.69, 9.17) is 21.1 Å². The SMILES string of the molecule is CCOC(=O)c1cnc(Cl)cc1OC. The predicted octanol–water partition coefficient (Wildman–Crippen LogP) is 1.92. The van der Waals surface area contributed by atoms with Gasteiger partial charge in [0.1, 0.15) is 16.5 Å². The summed E-state index contributed by atoms with van der Waals surface area (Å²) in [7, 11) is 1.45. The van der Waals surface area contributed by atoms with Crippen LogP contribution in [-0.4, -0.2) is 24.7 Å². The first-order valence-electron chi connectivity index (χ1n) is 4.05. The highest BCUT2D eigenvalue weighted by Gasteiger charge is 2.13. The number of hydrogen-bond donors (Lipinski definition) is 0. The number of pyridine rings is 1. The van der Waals surface area contributed by atoms with Crippen LogP contribution in [0.25, 0.3) is 0 Å². The maximum atomic E-state index is 11.4. The second-order valence-corrected chi connectivity index (χ2v) is 2.82. The molecule has 0 amide bonds. The van der Waals surface area contributed by atoms with Crippen molar-refractivity contribution in [1.29, 1.82) is 0 Å². The largest absolute Gasteiger partial charge is 0.496 e. The number of nitrogens with zero attached hydrogens (tertiary/aromatic N) is 1. The number of halogens is 1. The van der Waals surface area contributed by atoms with Crippen molar-refractivity contribution in [2.24, 2.45) is 0 Å². The van der Waals surface area contributed by atoms with E-state index in [1.54, 1.807) is 6.92 Å². The second kappa shape index (κ2) is 4.81. The smallest absolute Gasteiger partial charge is 0.343 e. The molecular weight excluding hydrogens is 206 g/mol. The Morgan fingerprint density at radius 3 is 2.93 bits per heavy atom. The fourth-order valence-corrected chi connectivity index (χ4v) is 1.09. The molecule has 0 aromatic carbocycles. The van der Waals surface area contributed by atoms with Crippen molar-refractivity contribution in [1.82, 2.24) is 4.98 Å². The standard InChI is InChI=1S/C9H10ClNO3/c1-3-14-9(12)6-5-11-8(10)4-7(6)13-2/h4-5H,3H2,1-2H3. The number of carbonyl (C=O) groups excluding carboxylic acids is 1. The van der Waals surface area contributed by atoms with E-state index >= 15 is 0 Å². The summed E-state index contributed by atoms with van der Waals surface area (Å²) >= 11 is 5.63. The highest BCUT2D eigenvalue weighted by Crippen LogP contribution is 2.21. The highest BCUT2D eigenvalue weighted by atomic mass is 35.5. The maximum absolute atomic E-state index is 11.4. The van der Waals surface area contributed by atoms with Crippen LogP contribution in [0.2, 0.25) is 5.15 Å². The van der Waals surface area contributed by atoms with Crippen LogP contribution in [0.4, 0.5) is 0 Å². The average molecular weight is 216 g/mol. The minimum absolute atomic E-state index is 0.273. The van der Waals surface area contributed by atoms with Crippen LogP contribution in [0.1, 0.15) is 17.3 Å². The molecule has 0 aliphatic carbocycles. The van der Waals surface area contributed by atoms with E-state index in [1.807, 2.05) is 0 Å². The molecule has 0 spiro atoms. The Morgan fingerprint density at radius 2 is 2.36 bits per heavy atom. The Balaban J connectivity index is 3.01. The maximum Gasteiger partial charge on any atom is 0.343 e. The van der Waals surface area contributed by atoms with Crippen molar-refractivity contribution < 1.29 is 14.3 Å². The molecule has 0 saturated carbocycles. The first-order chi connectivity index (χ1) is 6.69. The molecule has 76 valence electrons. The molecule has 0 bridgehead atoms. The van der Waals surface area contributed by atoms with Crippen molar-refractivity contribution in [3.8, 4) is 5.75 Å². The summed E-state index contributed by atoms with van der Waals surface area (Å²) in [6.07, 6.45) is 1.33. The van der Waals surface area contributed by atoms with Gasteiger partial charge < -0.3 is 9.47 Å². The molecule has 1 rings (SSSR count). The van der Waals surface area contributed by atoms with Gasteiger partial charge in [0, 0.05) is 12.3 Å². The summed E-state index contributed by atoms with van der Waals surface area (Å²) in [5.41, 5.74) is 0.277. The Labute approximate surface area is 86.8 Å². The van der Waals surface area contributed by atoms with Crippen molar-refractivity contribution in [3.05, 3.63) is 23.0 Å². The lowest BCUT2D eigenvalue weighted by Crippen LogP contribution is -2.07. The van der Waals surface area contributed by atoms with Crippen LogP contribution in [0, 0.1) is 0 Å². The number of esters is 1. The molecule has 0 radical (unpaired) electrons. The van der Waals surface area contributed by atoms with Gasteiger partial charge in [0.2, 0.25) is 0 Å². The van der Waals surface area contributed by atoms with Gasteiger partial charge in [0.05, 0.1) is 13.7 Å². The Hall–Kier alpha value is -1.29. The number of rotatable bonds is 3. The van der Waals surface area contributed by atoms with Crippen LogP contribution in [0.15, 0.2) is 12.3 Å². The molecule has 1 aromatic heterocycles. The fourth-order valence-electron chi connectivity index (χ4n) is 0.944. The fraction of sp³-hybridized carbons (Fsp3) is 0.333. The quantitative estimate of drug-likeness (QED) is 0.571. The monoisotopic (exact) mass is 215 g/mol. The molecule has 0 aliphatic heterocycles. The molecule has 0 N–H and O–H groups in total. The zero-order valence-corrected chi connectivity index (χ0v) is 8.67. The number of ether oxygens (including phenoxy) is 2. The van der Waals surface area contributed by atoms with Gasteiger partial charge >= 0.3 is 5.97 Å². The van der Waals surface area contributed by atoms with Crippen molar-refractivity contribution in [3.63, 3.8) is 0 Å².